The van der Waals surface area contributed by atoms with E-state index >= 15 is 0 Å². The average Bonchev–Trinajstić information content (AvgIpc) is 1.85. The van der Waals surface area contributed by atoms with Crippen LogP contribution < -0.4 is 5.73 Å². The van der Waals surface area contributed by atoms with E-state index in [0.717, 1.165) is 0 Å². The fraction of sp³-hybridized carbons (Fsp3) is 0.833. The maximum absolute atomic E-state index is 10.7. The van der Waals surface area contributed by atoms with E-state index in [9.17, 15) is 4.79 Å². The first-order valence-corrected chi connectivity index (χ1v) is 3.20. The first-order chi connectivity index (χ1) is 4.57. The van der Waals surface area contributed by atoms with Crippen molar-refractivity contribution >= 4 is 5.91 Å². The summed E-state index contributed by atoms with van der Waals surface area (Å²) in [5.74, 6) is -0.152. The van der Waals surface area contributed by atoms with E-state index in [1.165, 1.54) is 4.90 Å². The van der Waals surface area contributed by atoms with Gasteiger partial charge >= 0.3 is 0 Å². The second-order valence-electron chi connectivity index (χ2n) is 2.33. The number of aliphatic hydroxyl groups is 1. The molecule has 0 bridgehead atoms. The van der Waals surface area contributed by atoms with Crippen molar-refractivity contribution in [3.05, 3.63) is 0 Å². The second-order valence-corrected chi connectivity index (χ2v) is 2.33. The molecular formula is C6H14N2O2. The molecule has 0 aliphatic heterocycles. The Hall–Kier alpha value is -0.610. The monoisotopic (exact) mass is 146 g/mol. The van der Waals surface area contributed by atoms with Crippen molar-refractivity contribution in [2.75, 3.05) is 20.1 Å². The van der Waals surface area contributed by atoms with E-state index < -0.39 is 6.10 Å². The fourth-order valence-electron chi connectivity index (χ4n) is 0.654. The molecule has 4 heteroatoms. The maximum atomic E-state index is 10.7. The Morgan fingerprint density at radius 2 is 2.30 bits per heavy atom. The lowest BCUT2D eigenvalue weighted by Gasteiger charge is -2.17. The number of amides is 1. The molecule has 0 aromatic rings. The van der Waals surface area contributed by atoms with Crippen LogP contribution in [0.25, 0.3) is 0 Å². The summed E-state index contributed by atoms with van der Waals surface area (Å²) >= 11 is 0. The normalized spacial score (nSPS) is 12.8. The maximum Gasteiger partial charge on any atom is 0.236 e. The number of carbonyl (C=O) groups is 1. The number of hydrogen-bond donors (Lipinski definition) is 2. The summed E-state index contributed by atoms with van der Waals surface area (Å²) in [5, 5.41) is 8.83. The van der Waals surface area contributed by atoms with Crippen LogP contribution in [0.4, 0.5) is 0 Å². The Morgan fingerprint density at radius 3 is 2.60 bits per heavy atom. The summed E-state index contributed by atoms with van der Waals surface area (Å²) < 4.78 is 0. The summed E-state index contributed by atoms with van der Waals surface area (Å²) in [7, 11) is 1.61. The Bertz CT molecular complexity index is 114. The molecule has 0 heterocycles. The van der Waals surface area contributed by atoms with Crippen molar-refractivity contribution in [2.24, 2.45) is 5.73 Å². The first kappa shape index (κ1) is 9.39. The number of likely N-dealkylation sites (N-methyl/N-ethyl adjacent to an activating group) is 1. The lowest BCUT2D eigenvalue weighted by molar-refractivity contribution is -0.129. The van der Waals surface area contributed by atoms with E-state index in [4.69, 9.17) is 10.8 Å². The highest BCUT2D eigenvalue weighted by atomic mass is 16.3. The summed E-state index contributed by atoms with van der Waals surface area (Å²) in [6.45, 7) is 1.97. The fourth-order valence-corrected chi connectivity index (χ4v) is 0.654. The van der Waals surface area contributed by atoms with Crippen LogP contribution in [0.15, 0.2) is 0 Å². The van der Waals surface area contributed by atoms with Gasteiger partial charge in [-0.3, -0.25) is 4.79 Å². The van der Waals surface area contributed by atoms with Gasteiger partial charge in [-0.2, -0.15) is 0 Å². The van der Waals surface area contributed by atoms with Crippen LogP contribution in [0.1, 0.15) is 6.92 Å². The van der Waals surface area contributed by atoms with Crippen molar-refractivity contribution < 1.29 is 9.90 Å². The zero-order valence-corrected chi connectivity index (χ0v) is 6.37. The number of nitrogens with two attached hydrogens (primary N) is 1. The van der Waals surface area contributed by atoms with E-state index in [0.29, 0.717) is 6.54 Å². The minimum absolute atomic E-state index is 0.00319. The Morgan fingerprint density at radius 1 is 1.80 bits per heavy atom. The van der Waals surface area contributed by atoms with Crippen LogP contribution in [0.3, 0.4) is 0 Å². The zero-order chi connectivity index (χ0) is 8.15. The number of hydrogen-bond acceptors (Lipinski definition) is 3. The van der Waals surface area contributed by atoms with Crippen LogP contribution in [0, 0.1) is 0 Å². The van der Waals surface area contributed by atoms with E-state index in [1.54, 1.807) is 14.0 Å². The van der Waals surface area contributed by atoms with Gasteiger partial charge in [-0.1, -0.05) is 0 Å². The van der Waals surface area contributed by atoms with Gasteiger partial charge in [-0.25, -0.2) is 0 Å². The van der Waals surface area contributed by atoms with Gasteiger partial charge in [-0.05, 0) is 6.92 Å². The van der Waals surface area contributed by atoms with Crippen LogP contribution in [0.5, 0.6) is 0 Å². The van der Waals surface area contributed by atoms with Gasteiger partial charge in [0.05, 0.1) is 12.6 Å². The number of rotatable bonds is 3. The van der Waals surface area contributed by atoms with Crippen LogP contribution in [-0.4, -0.2) is 42.2 Å². The Labute approximate surface area is 60.6 Å². The number of nitrogens with zero attached hydrogens (tertiary/aromatic N) is 1. The van der Waals surface area contributed by atoms with Crippen molar-refractivity contribution in [3.8, 4) is 0 Å². The SMILES string of the molecule is CC(O)CN(C)C(=O)CN. The summed E-state index contributed by atoms with van der Waals surface area (Å²) in [4.78, 5) is 12.1. The highest BCUT2D eigenvalue weighted by molar-refractivity contribution is 5.77. The molecule has 0 saturated carbocycles. The van der Waals surface area contributed by atoms with Gasteiger partial charge in [0.25, 0.3) is 0 Å². The second kappa shape index (κ2) is 4.24. The third-order valence-corrected chi connectivity index (χ3v) is 1.14. The smallest absolute Gasteiger partial charge is 0.236 e. The molecule has 0 fully saturated rings. The molecule has 1 atom stereocenters. The molecule has 0 aliphatic carbocycles. The summed E-state index contributed by atoms with van der Waals surface area (Å²) in [6.07, 6.45) is -0.486. The Balaban J connectivity index is 3.61. The van der Waals surface area contributed by atoms with Gasteiger partial charge in [0.15, 0.2) is 0 Å². The standard InChI is InChI=1S/C6H14N2O2/c1-5(9)4-8(2)6(10)3-7/h5,9H,3-4,7H2,1-2H3. The molecule has 3 N–H and O–H groups in total. The van der Waals surface area contributed by atoms with Crippen LogP contribution >= 0.6 is 0 Å². The van der Waals surface area contributed by atoms with E-state index in [-0.39, 0.29) is 12.5 Å². The lowest BCUT2D eigenvalue weighted by atomic mass is 10.3. The average molecular weight is 146 g/mol. The summed E-state index contributed by atoms with van der Waals surface area (Å²) in [6, 6.07) is 0. The predicted molar refractivity (Wildman–Crippen MR) is 38.4 cm³/mol. The lowest BCUT2D eigenvalue weighted by Crippen LogP contribution is -2.37. The van der Waals surface area contributed by atoms with Crippen molar-refractivity contribution in [1.29, 1.82) is 0 Å². The predicted octanol–water partition coefficient (Wildman–Crippen LogP) is -1.22. The van der Waals surface area contributed by atoms with Gasteiger partial charge in [0.2, 0.25) is 5.91 Å². The minimum Gasteiger partial charge on any atom is -0.392 e. The molecule has 0 aliphatic rings. The minimum atomic E-state index is -0.486. The molecule has 4 nitrogen and oxygen atoms in total. The van der Waals surface area contributed by atoms with Gasteiger partial charge in [0, 0.05) is 13.6 Å². The van der Waals surface area contributed by atoms with E-state index in [2.05, 4.69) is 0 Å². The van der Waals surface area contributed by atoms with Crippen molar-refractivity contribution in [2.45, 2.75) is 13.0 Å². The molecule has 1 unspecified atom stereocenters. The quantitative estimate of drug-likeness (QED) is 0.524. The number of aliphatic hydroxyl groups excluding tert-OH is 1. The first-order valence-electron chi connectivity index (χ1n) is 3.20. The third-order valence-electron chi connectivity index (χ3n) is 1.14. The highest BCUT2D eigenvalue weighted by Gasteiger charge is 2.07. The number of carbonyl (C=O) groups excluding carboxylic acids is 1. The van der Waals surface area contributed by atoms with Gasteiger partial charge in [-0.15, -0.1) is 0 Å². The zero-order valence-electron chi connectivity index (χ0n) is 6.37. The van der Waals surface area contributed by atoms with Crippen LogP contribution in [0.2, 0.25) is 0 Å². The molecule has 0 rings (SSSR count). The van der Waals surface area contributed by atoms with Crippen molar-refractivity contribution in [3.63, 3.8) is 0 Å². The molecule has 10 heavy (non-hydrogen) atoms. The molecule has 1 amide bonds. The molecule has 0 aromatic heterocycles. The Kier molecular flexibility index (Phi) is 3.99. The molecule has 0 spiro atoms. The highest BCUT2D eigenvalue weighted by Crippen LogP contribution is 1.86. The molecule has 0 aromatic carbocycles. The van der Waals surface area contributed by atoms with Crippen LogP contribution in [-0.2, 0) is 4.79 Å². The summed E-state index contributed by atoms with van der Waals surface area (Å²) in [5.41, 5.74) is 5.08. The largest absolute Gasteiger partial charge is 0.392 e. The van der Waals surface area contributed by atoms with Gasteiger partial charge in [0.1, 0.15) is 0 Å². The molecule has 0 radical (unpaired) electrons. The molecule has 60 valence electrons. The molecule has 0 saturated heterocycles. The molecular weight excluding hydrogens is 132 g/mol. The third kappa shape index (κ3) is 3.42. The van der Waals surface area contributed by atoms with Gasteiger partial charge < -0.3 is 15.7 Å². The van der Waals surface area contributed by atoms with Crippen molar-refractivity contribution in [1.82, 2.24) is 4.90 Å². The topological polar surface area (TPSA) is 66.6 Å². The van der Waals surface area contributed by atoms with E-state index in [1.807, 2.05) is 0 Å².